The molecule has 2 aromatic heterocycles. The fraction of sp³-hybridized carbons (Fsp3) is 0.448. The van der Waals surface area contributed by atoms with Gasteiger partial charge in [0, 0.05) is 55.8 Å². The van der Waals surface area contributed by atoms with E-state index in [0.29, 0.717) is 24.5 Å². The summed E-state index contributed by atoms with van der Waals surface area (Å²) >= 11 is 0. The Morgan fingerprint density at radius 2 is 1.95 bits per heavy atom. The zero-order valence-electron chi connectivity index (χ0n) is 22.3. The van der Waals surface area contributed by atoms with Crippen LogP contribution < -0.4 is 10.3 Å². The largest absolute Gasteiger partial charge is 0.494 e. The van der Waals surface area contributed by atoms with Crippen molar-refractivity contribution in [1.82, 2.24) is 35.0 Å². The van der Waals surface area contributed by atoms with E-state index in [2.05, 4.69) is 54.6 Å². The predicted molar refractivity (Wildman–Crippen MR) is 148 cm³/mol. The van der Waals surface area contributed by atoms with E-state index in [1.165, 1.54) is 5.56 Å². The summed E-state index contributed by atoms with van der Waals surface area (Å²) in [5.74, 6) is 1.45. The molecule has 4 heterocycles. The Hall–Kier alpha value is -3.60. The van der Waals surface area contributed by atoms with Gasteiger partial charge in [0.1, 0.15) is 11.8 Å². The first-order valence-electron chi connectivity index (χ1n) is 13.9. The van der Waals surface area contributed by atoms with Crippen molar-refractivity contribution >= 4 is 10.9 Å². The minimum Gasteiger partial charge on any atom is -0.494 e. The smallest absolute Gasteiger partial charge is 0.253 e. The molecule has 10 nitrogen and oxygen atoms in total. The Labute approximate surface area is 227 Å². The van der Waals surface area contributed by atoms with E-state index in [-0.39, 0.29) is 17.7 Å². The number of benzene rings is 2. The lowest BCUT2D eigenvalue weighted by Crippen LogP contribution is -2.48. The number of H-pyrrole nitrogens is 1. The van der Waals surface area contributed by atoms with Crippen LogP contribution in [-0.2, 0) is 17.8 Å². The number of nitrogens with zero attached hydrogens (tertiary/aromatic N) is 6. The molecule has 2 aromatic carbocycles. The van der Waals surface area contributed by atoms with Crippen LogP contribution in [-0.4, -0.2) is 80.5 Å². The lowest BCUT2D eigenvalue weighted by molar-refractivity contribution is 0.0840. The standard InChI is InChI=1S/C29H35N7O3/c1-2-38-23-10-11-26-22(17-23)18-25(29(37)30-26)27(28-31-32-33-36(28)20-24-9-6-16-39-24)35-14-12-34(13-15-35)19-21-7-4-3-5-8-21/h3-5,7-8,10-11,17-18,24,27H,2,6,9,12-16,19-20H2,1H3,(H,30,37)/t24-,27?/m1/s1. The second kappa shape index (κ2) is 11.6. The Bertz CT molecular complexity index is 1440. The number of nitrogens with one attached hydrogen (secondary N) is 1. The van der Waals surface area contributed by atoms with Crippen LogP contribution in [0.25, 0.3) is 10.9 Å². The normalized spacial score (nSPS) is 19.5. The number of hydrogen-bond acceptors (Lipinski definition) is 8. The molecular weight excluding hydrogens is 494 g/mol. The third kappa shape index (κ3) is 5.73. The fourth-order valence-electron chi connectivity index (χ4n) is 5.70. The monoisotopic (exact) mass is 529 g/mol. The van der Waals surface area contributed by atoms with Gasteiger partial charge < -0.3 is 14.5 Å². The number of aromatic amines is 1. The van der Waals surface area contributed by atoms with Gasteiger partial charge in [-0.15, -0.1) is 5.10 Å². The van der Waals surface area contributed by atoms with Crippen molar-refractivity contribution in [2.24, 2.45) is 0 Å². The third-order valence-electron chi connectivity index (χ3n) is 7.68. The van der Waals surface area contributed by atoms with E-state index in [9.17, 15) is 4.79 Å². The minimum atomic E-state index is -0.385. The number of ether oxygens (including phenoxy) is 2. The zero-order valence-corrected chi connectivity index (χ0v) is 22.3. The molecule has 6 rings (SSSR count). The van der Waals surface area contributed by atoms with Crippen LogP contribution in [0.5, 0.6) is 5.75 Å². The minimum absolute atomic E-state index is 0.0826. The SMILES string of the molecule is CCOc1ccc2[nH]c(=O)c(C(c3nnnn3C[C@H]3CCCO3)N3CCN(Cc4ccccc4)CC3)cc2c1. The number of rotatable bonds is 9. The molecule has 0 spiro atoms. The first-order chi connectivity index (χ1) is 19.2. The Morgan fingerprint density at radius 1 is 1.10 bits per heavy atom. The van der Waals surface area contributed by atoms with Gasteiger partial charge in [0.25, 0.3) is 5.56 Å². The topological polar surface area (TPSA) is 101 Å². The molecule has 2 aliphatic heterocycles. The highest BCUT2D eigenvalue weighted by atomic mass is 16.5. The Balaban J connectivity index is 1.33. The summed E-state index contributed by atoms with van der Waals surface area (Å²) < 4.78 is 13.4. The molecule has 2 saturated heterocycles. The number of tetrazole rings is 1. The second-order valence-electron chi connectivity index (χ2n) is 10.3. The number of hydrogen-bond donors (Lipinski definition) is 1. The van der Waals surface area contributed by atoms with E-state index in [1.807, 2.05) is 41.9 Å². The fourth-order valence-corrected chi connectivity index (χ4v) is 5.70. The molecule has 204 valence electrons. The van der Waals surface area contributed by atoms with Crippen LogP contribution in [0.4, 0.5) is 0 Å². The summed E-state index contributed by atoms with van der Waals surface area (Å²) in [6, 6.07) is 17.9. The van der Waals surface area contributed by atoms with Gasteiger partial charge in [0.15, 0.2) is 5.82 Å². The lowest BCUT2D eigenvalue weighted by Gasteiger charge is -2.38. The molecular formula is C29H35N7O3. The highest BCUT2D eigenvalue weighted by Crippen LogP contribution is 2.29. The van der Waals surface area contributed by atoms with Crippen LogP contribution in [0.15, 0.2) is 59.4 Å². The summed E-state index contributed by atoms with van der Waals surface area (Å²) in [4.78, 5) is 21.4. The van der Waals surface area contributed by atoms with Crippen LogP contribution in [0.2, 0.25) is 0 Å². The van der Waals surface area contributed by atoms with Crippen molar-refractivity contribution in [3.8, 4) is 5.75 Å². The first kappa shape index (κ1) is 25.7. The molecule has 2 atom stereocenters. The third-order valence-corrected chi connectivity index (χ3v) is 7.68. The van der Waals surface area contributed by atoms with Gasteiger partial charge >= 0.3 is 0 Å². The molecule has 0 amide bonds. The van der Waals surface area contributed by atoms with Crippen molar-refractivity contribution in [2.45, 2.75) is 45.0 Å². The van der Waals surface area contributed by atoms with E-state index >= 15 is 0 Å². The van der Waals surface area contributed by atoms with E-state index in [0.717, 1.165) is 68.8 Å². The number of piperazine rings is 1. The van der Waals surface area contributed by atoms with Crippen molar-refractivity contribution in [1.29, 1.82) is 0 Å². The molecule has 2 aliphatic rings. The predicted octanol–water partition coefficient (Wildman–Crippen LogP) is 3.00. The van der Waals surface area contributed by atoms with Crippen LogP contribution in [0, 0.1) is 0 Å². The number of aromatic nitrogens is 5. The van der Waals surface area contributed by atoms with Crippen LogP contribution in [0.1, 0.15) is 42.8 Å². The summed E-state index contributed by atoms with van der Waals surface area (Å²) in [7, 11) is 0. The zero-order chi connectivity index (χ0) is 26.6. The average Bonchev–Trinajstić information content (AvgIpc) is 3.64. The van der Waals surface area contributed by atoms with Crippen molar-refractivity contribution in [3.05, 3.63) is 81.9 Å². The van der Waals surface area contributed by atoms with Gasteiger partial charge in [-0.05, 0) is 60.0 Å². The molecule has 0 saturated carbocycles. The van der Waals surface area contributed by atoms with Gasteiger partial charge in [-0.2, -0.15) is 0 Å². The average molecular weight is 530 g/mol. The maximum Gasteiger partial charge on any atom is 0.253 e. The van der Waals surface area contributed by atoms with Crippen LogP contribution >= 0.6 is 0 Å². The first-order valence-corrected chi connectivity index (χ1v) is 13.9. The Kier molecular flexibility index (Phi) is 7.67. The van der Waals surface area contributed by atoms with E-state index in [1.54, 1.807) is 0 Å². The molecule has 4 aromatic rings. The molecule has 1 unspecified atom stereocenters. The van der Waals surface area contributed by atoms with Gasteiger partial charge in [-0.1, -0.05) is 30.3 Å². The van der Waals surface area contributed by atoms with Crippen molar-refractivity contribution in [2.75, 3.05) is 39.4 Å². The molecule has 0 radical (unpaired) electrons. The molecule has 0 bridgehead atoms. The maximum atomic E-state index is 13.6. The van der Waals surface area contributed by atoms with E-state index < -0.39 is 0 Å². The maximum absolute atomic E-state index is 13.6. The molecule has 1 N–H and O–H groups in total. The van der Waals surface area contributed by atoms with Crippen molar-refractivity contribution < 1.29 is 9.47 Å². The summed E-state index contributed by atoms with van der Waals surface area (Å²) in [5.41, 5.74) is 2.59. The van der Waals surface area contributed by atoms with Gasteiger partial charge in [-0.3, -0.25) is 14.6 Å². The van der Waals surface area contributed by atoms with E-state index in [4.69, 9.17) is 9.47 Å². The summed E-state index contributed by atoms with van der Waals surface area (Å²) in [6.45, 7) is 8.15. The molecule has 0 aliphatic carbocycles. The highest BCUT2D eigenvalue weighted by molar-refractivity contribution is 5.80. The number of pyridine rings is 1. The van der Waals surface area contributed by atoms with Gasteiger partial charge in [0.2, 0.25) is 0 Å². The lowest BCUT2D eigenvalue weighted by atomic mass is 10.0. The van der Waals surface area contributed by atoms with Gasteiger partial charge in [0.05, 0.1) is 19.3 Å². The van der Waals surface area contributed by atoms with Crippen molar-refractivity contribution in [3.63, 3.8) is 0 Å². The molecule has 10 heteroatoms. The second-order valence-corrected chi connectivity index (χ2v) is 10.3. The van der Waals surface area contributed by atoms with Crippen LogP contribution in [0.3, 0.4) is 0 Å². The molecule has 2 fully saturated rings. The summed E-state index contributed by atoms with van der Waals surface area (Å²) in [5, 5.41) is 13.8. The highest BCUT2D eigenvalue weighted by Gasteiger charge is 2.33. The number of fused-ring (bicyclic) bond motifs is 1. The molecule has 39 heavy (non-hydrogen) atoms. The summed E-state index contributed by atoms with van der Waals surface area (Å²) in [6.07, 6.45) is 2.11. The Morgan fingerprint density at radius 3 is 2.72 bits per heavy atom. The quantitative estimate of drug-likeness (QED) is 0.353. The van der Waals surface area contributed by atoms with Gasteiger partial charge in [-0.25, -0.2) is 4.68 Å².